The minimum atomic E-state index is -3.38. The van der Waals surface area contributed by atoms with Crippen molar-refractivity contribution < 1.29 is 17.9 Å². The fourth-order valence-corrected chi connectivity index (χ4v) is 1.95. The van der Waals surface area contributed by atoms with E-state index in [9.17, 15) is 13.2 Å². The van der Waals surface area contributed by atoms with Crippen molar-refractivity contribution in [2.75, 3.05) is 12.4 Å². The van der Waals surface area contributed by atoms with Crippen molar-refractivity contribution >= 4 is 21.9 Å². The number of rotatable bonds is 6. The van der Waals surface area contributed by atoms with Gasteiger partial charge in [-0.3, -0.25) is 0 Å². The summed E-state index contributed by atoms with van der Waals surface area (Å²) in [7, 11) is -3.38. The molecule has 0 amide bonds. The molecule has 0 radical (unpaired) electrons. The van der Waals surface area contributed by atoms with Gasteiger partial charge >= 0.3 is 5.97 Å². The van der Waals surface area contributed by atoms with Crippen molar-refractivity contribution in [1.82, 2.24) is 0 Å². The van der Waals surface area contributed by atoms with E-state index < -0.39 is 15.8 Å². The summed E-state index contributed by atoms with van der Waals surface area (Å²) in [5.41, 5.74) is 0.796. The van der Waals surface area contributed by atoms with Crippen molar-refractivity contribution in [2.45, 2.75) is 0 Å². The average molecular weight is 266 g/mol. The first-order valence-electron chi connectivity index (χ1n) is 5.28. The summed E-state index contributed by atoms with van der Waals surface area (Å²) >= 11 is 0. The summed E-state index contributed by atoms with van der Waals surface area (Å²) in [6.07, 6.45) is 2.50. The predicted molar refractivity (Wildman–Crippen MR) is 70.4 cm³/mol. The van der Waals surface area contributed by atoms with Crippen LogP contribution in [0.15, 0.2) is 48.4 Å². The Hall–Kier alpha value is -1.88. The number of hydrogen-bond acceptors (Lipinski definition) is 4. The van der Waals surface area contributed by atoms with E-state index in [-0.39, 0.29) is 12.4 Å². The first-order valence-corrected chi connectivity index (χ1v) is 7.00. The maximum Gasteiger partial charge on any atom is 0.330 e. The Morgan fingerprint density at radius 2 is 1.94 bits per heavy atom. The second-order valence-corrected chi connectivity index (χ2v) is 5.46. The van der Waals surface area contributed by atoms with Gasteiger partial charge in [-0.25, -0.2) is 13.2 Å². The molecule has 0 fully saturated rings. The van der Waals surface area contributed by atoms with Crippen LogP contribution >= 0.6 is 0 Å². The quantitative estimate of drug-likeness (QED) is 0.582. The Labute approximate surface area is 107 Å². The first kappa shape index (κ1) is 14.2. The van der Waals surface area contributed by atoms with E-state index >= 15 is 0 Å². The lowest BCUT2D eigenvalue weighted by Gasteiger charge is -2.00. The van der Waals surface area contributed by atoms with E-state index in [0.29, 0.717) is 0 Å². The molecule has 0 aliphatic rings. The number of benzene rings is 1. The van der Waals surface area contributed by atoms with Crippen LogP contribution in [0.25, 0.3) is 6.08 Å². The van der Waals surface area contributed by atoms with E-state index in [1.807, 2.05) is 18.2 Å². The van der Waals surface area contributed by atoms with Crippen LogP contribution in [0.3, 0.4) is 0 Å². The number of hydrogen-bond donors (Lipinski definition) is 0. The van der Waals surface area contributed by atoms with Crippen molar-refractivity contribution in [3.63, 3.8) is 0 Å². The molecule has 1 aromatic carbocycles. The van der Waals surface area contributed by atoms with Gasteiger partial charge in [0.2, 0.25) is 0 Å². The summed E-state index contributed by atoms with van der Waals surface area (Å²) in [4.78, 5) is 10.7. The van der Waals surface area contributed by atoms with Crippen LogP contribution in [-0.4, -0.2) is 26.7 Å². The van der Waals surface area contributed by atoms with Gasteiger partial charge in [-0.1, -0.05) is 36.9 Å². The molecule has 0 aliphatic heterocycles. The monoisotopic (exact) mass is 266 g/mol. The molecule has 1 aromatic rings. The molecule has 96 valence electrons. The Bertz CT molecular complexity index is 529. The molecule has 0 aromatic heterocycles. The van der Waals surface area contributed by atoms with Crippen LogP contribution < -0.4 is 0 Å². The van der Waals surface area contributed by atoms with Crippen molar-refractivity contribution in [3.8, 4) is 0 Å². The van der Waals surface area contributed by atoms with Crippen LogP contribution in [0.5, 0.6) is 0 Å². The third kappa shape index (κ3) is 5.45. The van der Waals surface area contributed by atoms with Gasteiger partial charge in [0.05, 0.1) is 5.75 Å². The second-order valence-electron chi connectivity index (χ2n) is 3.45. The lowest BCUT2D eigenvalue weighted by Crippen LogP contribution is -2.12. The molecule has 0 bridgehead atoms. The second kappa shape index (κ2) is 6.76. The maximum absolute atomic E-state index is 11.6. The van der Waals surface area contributed by atoms with Crippen molar-refractivity contribution in [1.29, 1.82) is 0 Å². The molecule has 18 heavy (non-hydrogen) atoms. The van der Waals surface area contributed by atoms with Crippen LogP contribution in [0.4, 0.5) is 0 Å². The maximum atomic E-state index is 11.6. The van der Waals surface area contributed by atoms with Gasteiger partial charge in [0.15, 0.2) is 9.84 Å². The molecule has 0 heterocycles. The van der Waals surface area contributed by atoms with Crippen LogP contribution in [0.1, 0.15) is 5.56 Å². The predicted octanol–water partition coefficient (Wildman–Crippen LogP) is 1.80. The topological polar surface area (TPSA) is 60.4 Å². The molecule has 1 rings (SSSR count). The smallest absolute Gasteiger partial charge is 0.330 e. The van der Waals surface area contributed by atoms with Crippen LogP contribution in [0, 0.1) is 0 Å². The van der Waals surface area contributed by atoms with E-state index in [4.69, 9.17) is 0 Å². The molecule has 4 nitrogen and oxygen atoms in total. The molecule has 5 heteroatoms. The average Bonchev–Trinajstić information content (AvgIpc) is 2.37. The summed E-state index contributed by atoms with van der Waals surface area (Å²) < 4.78 is 27.7. The SMILES string of the molecule is C=CC(=O)OCCS(=O)(=O)C=Cc1ccccc1. The Morgan fingerprint density at radius 3 is 2.56 bits per heavy atom. The van der Waals surface area contributed by atoms with Crippen LogP contribution in [0.2, 0.25) is 0 Å². The number of esters is 1. The summed E-state index contributed by atoms with van der Waals surface area (Å²) in [6, 6.07) is 9.07. The van der Waals surface area contributed by atoms with Crippen molar-refractivity contribution in [2.24, 2.45) is 0 Å². The highest BCUT2D eigenvalue weighted by Crippen LogP contribution is 2.04. The molecule has 0 aliphatic carbocycles. The van der Waals surface area contributed by atoms with Gasteiger partial charge in [-0.15, -0.1) is 0 Å². The summed E-state index contributed by atoms with van der Waals surface area (Å²) in [5.74, 6) is -0.868. The minimum Gasteiger partial charge on any atom is -0.461 e. The lowest BCUT2D eigenvalue weighted by molar-refractivity contribution is -0.137. The molecule has 0 spiro atoms. The molecule has 0 saturated carbocycles. The van der Waals surface area contributed by atoms with Gasteiger partial charge < -0.3 is 4.74 Å². The van der Waals surface area contributed by atoms with Gasteiger partial charge in [0.25, 0.3) is 0 Å². The standard InChI is InChI=1S/C13H14O4S/c1-2-13(14)17-9-11-18(15,16)10-8-12-6-4-3-5-7-12/h2-8,10H,1,9,11H2. The molecule has 0 N–H and O–H groups in total. The lowest BCUT2D eigenvalue weighted by atomic mass is 10.2. The highest BCUT2D eigenvalue weighted by molar-refractivity contribution is 7.94. The number of carbonyl (C=O) groups is 1. The zero-order valence-electron chi connectivity index (χ0n) is 9.78. The Kier molecular flexibility index (Phi) is 5.32. The third-order valence-electron chi connectivity index (χ3n) is 2.05. The molecule has 0 unspecified atom stereocenters. The molecule has 0 atom stereocenters. The first-order chi connectivity index (χ1) is 8.53. The normalized spacial score (nSPS) is 11.3. The Morgan fingerprint density at radius 1 is 1.28 bits per heavy atom. The highest BCUT2D eigenvalue weighted by atomic mass is 32.2. The van der Waals surface area contributed by atoms with E-state index in [2.05, 4.69) is 11.3 Å². The van der Waals surface area contributed by atoms with E-state index in [1.165, 1.54) is 6.08 Å². The fourth-order valence-electron chi connectivity index (χ4n) is 1.13. The fraction of sp³-hybridized carbons (Fsp3) is 0.154. The van der Waals surface area contributed by atoms with Gasteiger partial charge in [-0.2, -0.15) is 0 Å². The van der Waals surface area contributed by atoms with Gasteiger partial charge in [0.1, 0.15) is 6.61 Å². The number of carbonyl (C=O) groups excluding carboxylic acids is 1. The zero-order chi connectivity index (χ0) is 13.4. The zero-order valence-corrected chi connectivity index (χ0v) is 10.6. The van der Waals surface area contributed by atoms with Crippen LogP contribution in [-0.2, 0) is 19.4 Å². The third-order valence-corrected chi connectivity index (χ3v) is 3.33. The van der Waals surface area contributed by atoms with E-state index in [1.54, 1.807) is 12.1 Å². The largest absolute Gasteiger partial charge is 0.461 e. The van der Waals surface area contributed by atoms with Crippen molar-refractivity contribution in [3.05, 3.63) is 54.0 Å². The molecular weight excluding hydrogens is 252 g/mol. The minimum absolute atomic E-state index is 0.174. The number of ether oxygens (including phenoxy) is 1. The summed E-state index contributed by atoms with van der Waals surface area (Å²) in [5, 5.41) is 1.12. The molecular formula is C13H14O4S. The summed E-state index contributed by atoms with van der Waals surface area (Å²) in [6.45, 7) is 3.04. The van der Waals surface area contributed by atoms with Gasteiger partial charge in [-0.05, 0) is 11.6 Å². The van der Waals surface area contributed by atoms with Gasteiger partial charge in [0, 0.05) is 11.5 Å². The molecule has 0 saturated heterocycles. The number of sulfone groups is 1. The Balaban J connectivity index is 2.52. The van der Waals surface area contributed by atoms with E-state index in [0.717, 1.165) is 17.0 Å². The highest BCUT2D eigenvalue weighted by Gasteiger charge is 2.07.